The lowest BCUT2D eigenvalue weighted by Crippen LogP contribution is -2.46. The summed E-state index contributed by atoms with van der Waals surface area (Å²) in [5, 5.41) is 23.8. The summed E-state index contributed by atoms with van der Waals surface area (Å²) in [7, 11) is 0. The Bertz CT molecular complexity index is 1170. The van der Waals surface area contributed by atoms with E-state index < -0.39 is 18.2 Å². The summed E-state index contributed by atoms with van der Waals surface area (Å²) in [6.07, 6.45) is 67.3. The zero-order valence-electron chi connectivity index (χ0n) is 43.8. The first-order valence-corrected chi connectivity index (χ1v) is 28.5. The molecule has 0 aliphatic carbocycles. The topological polar surface area (TPSA) is 95.9 Å². The second-order valence-corrected chi connectivity index (χ2v) is 19.3. The SMILES string of the molecule is CC/C=C\C/C=C\C/C=C\C/C=C\C/C=C\CC(CC(=O)NC(CO)C(O)CCCCCCCCCCCCCCCCCCC)OC(=O)CCCCCCCCCCCCCCCCC. The highest BCUT2D eigenvalue weighted by atomic mass is 16.5. The largest absolute Gasteiger partial charge is 0.461 e. The smallest absolute Gasteiger partial charge is 0.306 e. The summed E-state index contributed by atoms with van der Waals surface area (Å²) in [6.45, 7) is 6.37. The first-order chi connectivity index (χ1) is 32.5. The van der Waals surface area contributed by atoms with Crippen molar-refractivity contribution in [2.45, 2.75) is 302 Å². The van der Waals surface area contributed by atoms with E-state index in [9.17, 15) is 19.8 Å². The minimum Gasteiger partial charge on any atom is -0.461 e. The summed E-state index contributed by atoms with van der Waals surface area (Å²) in [5.41, 5.74) is 0. The standard InChI is InChI=1S/C60H109NO5/c1-4-7-10-13-16-19-22-25-28-29-32-34-37-40-43-46-49-52-58(63)57(55-62)61-59(64)54-56(51-48-45-42-39-36-33-30-26-23-20-17-14-11-8-5-2)66-60(65)53-50-47-44-41-38-35-31-27-24-21-18-15-12-9-6-3/h8,11,17,20,26,30,36,39,45,48,56-58,62-63H,4-7,9-10,12-16,18-19,21-25,27-29,31-35,37-38,40-44,46-47,49-55H2,1-3H3,(H,61,64)/b11-8-,20-17-,30-26-,39-36-,48-45-. The normalized spacial score (nSPS) is 13.6. The van der Waals surface area contributed by atoms with Crippen molar-refractivity contribution in [2.75, 3.05) is 6.61 Å². The molecule has 0 rings (SSSR count). The van der Waals surface area contributed by atoms with E-state index in [1.807, 2.05) is 6.08 Å². The number of hydrogen-bond acceptors (Lipinski definition) is 5. The molecule has 0 spiro atoms. The van der Waals surface area contributed by atoms with Gasteiger partial charge in [0.05, 0.1) is 25.2 Å². The molecule has 0 aliphatic heterocycles. The first kappa shape index (κ1) is 63.6. The molecule has 3 unspecified atom stereocenters. The number of esters is 1. The molecule has 66 heavy (non-hydrogen) atoms. The first-order valence-electron chi connectivity index (χ1n) is 28.5. The number of ether oxygens (including phenoxy) is 1. The number of carbonyl (C=O) groups excluding carboxylic acids is 2. The van der Waals surface area contributed by atoms with E-state index in [2.05, 4.69) is 80.8 Å². The van der Waals surface area contributed by atoms with E-state index in [4.69, 9.17) is 4.74 Å². The quantitative estimate of drug-likeness (QED) is 0.0321. The van der Waals surface area contributed by atoms with Crippen LogP contribution in [0.4, 0.5) is 0 Å². The van der Waals surface area contributed by atoms with Crippen molar-refractivity contribution in [2.24, 2.45) is 0 Å². The molecule has 0 heterocycles. The number of aliphatic hydroxyl groups excluding tert-OH is 2. The fourth-order valence-electron chi connectivity index (χ4n) is 8.57. The van der Waals surface area contributed by atoms with Gasteiger partial charge in [-0.3, -0.25) is 9.59 Å². The molecule has 3 N–H and O–H groups in total. The highest BCUT2D eigenvalue weighted by Crippen LogP contribution is 2.18. The number of unbranched alkanes of at least 4 members (excludes halogenated alkanes) is 30. The van der Waals surface area contributed by atoms with Gasteiger partial charge in [-0.25, -0.2) is 0 Å². The van der Waals surface area contributed by atoms with Crippen molar-refractivity contribution in [1.82, 2.24) is 5.32 Å². The average molecular weight is 925 g/mol. The molecule has 0 aromatic carbocycles. The van der Waals surface area contributed by atoms with Crippen molar-refractivity contribution >= 4 is 11.9 Å². The average Bonchev–Trinajstić information content (AvgIpc) is 3.31. The van der Waals surface area contributed by atoms with Gasteiger partial charge in [0.15, 0.2) is 0 Å². The van der Waals surface area contributed by atoms with Gasteiger partial charge >= 0.3 is 5.97 Å². The van der Waals surface area contributed by atoms with E-state index in [0.717, 1.165) is 70.6 Å². The highest BCUT2D eigenvalue weighted by Gasteiger charge is 2.23. The summed E-state index contributed by atoms with van der Waals surface area (Å²) < 4.78 is 5.89. The Morgan fingerprint density at radius 1 is 0.455 bits per heavy atom. The van der Waals surface area contributed by atoms with Crippen LogP contribution < -0.4 is 5.32 Å². The molecule has 1 amide bonds. The van der Waals surface area contributed by atoms with Crippen molar-refractivity contribution in [3.63, 3.8) is 0 Å². The monoisotopic (exact) mass is 924 g/mol. The molecule has 0 bridgehead atoms. The summed E-state index contributed by atoms with van der Waals surface area (Å²) in [4.78, 5) is 26.2. The van der Waals surface area contributed by atoms with E-state index >= 15 is 0 Å². The van der Waals surface area contributed by atoms with Gasteiger partial charge in [-0.15, -0.1) is 0 Å². The molecule has 384 valence electrons. The summed E-state index contributed by atoms with van der Waals surface area (Å²) in [5.74, 6) is -0.569. The number of aliphatic hydroxyl groups is 2. The summed E-state index contributed by atoms with van der Waals surface area (Å²) >= 11 is 0. The van der Waals surface area contributed by atoms with Gasteiger partial charge in [-0.05, 0) is 44.9 Å². The number of rotatable bonds is 51. The Balaban J connectivity index is 4.62. The number of hydrogen-bond donors (Lipinski definition) is 3. The molecule has 6 nitrogen and oxygen atoms in total. The van der Waals surface area contributed by atoms with Crippen LogP contribution >= 0.6 is 0 Å². The fraction of sp³-hybridized carbons (Fsp3) is 0.800. The maximum absolute atomic E-state index is 13.2. The predicted molar refractivity (Wildman–Crippen MR) is 287 cm³/mol. The second-order valence-electron chi connectivity index (χ2n) is 19.3. The van der Waals surface area contributed by atoms with Crippen LogP contribution in [-0.2, 0) is 14.3 Å². The van der Waals surface area contributed by atoms with Crippen LogP contribution in [0.2, 0.25) is 0 Å². The van der Waals surface area contributed by atoms with Gasteiger partial charge < -0.3 is 20.3 Å². The molecule has 3 atom stereocenters. The van der Waals surface area contributed by atoms with Crippen molar-refractivity contribution in [1.29, 1.82) is 0 Å². The van der Waals surface area contributed by atoms with E-state index in [1.54, 1.807) is 0 Å². The van der Waals surface area contributed by atoms with Crippen LogP contribution in [0.3, 0.4) is 0 Å². The van der Waals surface area contributed by atoms with Gasteiger partial charge in [0.1, 0.15) is 6.10 Å². The Morgan fingerprint density at radius 3 is 1.15 bits per heavy atom. The Hall–Kier alpha value is -2.44. The molecule has 6 heteroatoms. The van der Waals surface area contributed by atoms with E-state index in [-0.39, 0.29) is 24.9 Å². The molecule has 0 saturated heterocycles. The van der Waals surface area contributed by atoms with Crippen molar-refractivity contribution < 1.29 is 24.5 Å². The molecular formula is C60H109NO5. The number of amides is 1. The third-order valence-electron chi connectivity index (χ3n) is 12.9. The fourth-order valence-corrected chi connectivity index (χ4v) is 8.57. The lowest BCUT2D eigenvalue weighted by atomic mass is 10.0. The molecular weight excluding hydrogens is 815 g/mol. The molecule has 0 radical (unpaired) electrons. The van der Waals surface area contributed by atoms with Crippen LogP contribution in [0.15, 0.2) is 60.8 Å². The minimum atomic E-state index is -0.813. The third kappa shape index (κ3) is 48.0. The molecule has 0 aliphatic rings. The third-order valence-corrected chi connectivity index (χ3v) is 12.9. The second kappa shape index (κ2) is 53.5. The lowest BCUT2D eigenvalue weighted by Gasteiger charge is -2.24. The maximum atomic E-state index is 13.2. The number of allylic oxidation sites excluding steroid dienone is 9. The van der Waals surface area contributed by atoms with Crippen LogP contribution in [0.1, 0.15) is 284 Å². The van der Waals surface area contributed by atoms with Crippen LogP contribution in [0.5, 0.6) is 0 Å². The van der Waals surface area contributed by atoms with Gasteiger partial charge in [0, 0.05) is 12.8 Å². The van der Waals surface area contributed by atoms with Gasteiger partial charge in [0.25, 0.3) is 0 Å². The Labute approximate surface area is 409 Å². The minimum absolute atomic E-state index is 0.00124. The number of carbonyl (C=O) groups is 2. The Kier molecular flexibility index (Phi) is 51.5. The van der Waals surface area contributed by atoms with Crippen LogP contribution in [0, 0.1) is 0 Å². The van der Waals surface area contributed by atoms with Gasteiger partial charge in [-0.2, -0.15) is 0 Å². The van der Waals surface area contributed by atoms with Crippen molar-refractivity contribution in [3.05, 3.63) is 60.8 Å². The van der Waals surface area contributed by atoms with Crippen molar-refractivity contribution in [3.8, 4) is 0 Å². The van der Waals surface area contributed by atoms with Crippen LogP contribution in [0.25, 0.3) is 0 Å². The molecule has 0 saturated carbocycles. The molecule has 0 aromatic heterocycles. The van der Waals surface area contributed by atoms with Gasteiger partial charge in [0.2, 0.25) is 5.91 Å². The zero-order valence-corrected chi connectivity index (χ0v) is 43.8. The molecule has 0 fully saturated rings. The Morgan fingerprint density at radius 2 is 0.788 bits per heavy atom. The highest BCUT2D eigenvalue weighted by molar-refractivity contribution is 5.77. The maximum Gasteiger partial charge on any atom is 0.306 e. The molecule has 0 aromatic rings. The zero-order chi connectivity index (χ0) is 48.1. The lowest BCUT2D eigenvalue weighted by molar-refractivity contribution is -0.150. The van der Waals surface area contributed by atoms with E-state index in [0.29, 0.717) is 19.3 Å². The van der Waals surface area contributed by atoms with E-state index in [1.165, 1.54) is 167 Å². The van der Waals surface area contributed by atoms with Gasteiger partial charge in [-0.1, -0.05) is 281 Å². The number of nitrogens with one attached hydrogen (secondary N) is 1. The summed E-state index contributed by atoms with van der Waals surface area (Å²) in [6, 6.07) is -0.732. The van der Waals surface area contributed by atoms with Crippen LogP contribution in [-0.4, -0.2) is 46.9 Å². The predicted octanol–water partition coefficient (Wildman–Crippen LogP) is 17.6.